The Balaban J connectivity index is 1.65. The van der Waals surface area contributed by atoms with Crippen LogP contribution in [-0.4, -0.2) is 55.6 Å². The molecular weight excluding hydrogens is 552 g/mol. The Morgan fingerprint density at radius 1 is 1.05 bits per heavy atom. The van der Waals surface area contributed by atoms with Crippen molar-refractivity contribution in [2.75, 3.05) is 27.4 Å². The number of nitrogens with two attached hydrogens (primary N) is 1. The molecule has 0 aromatic heterocycles. The van der Waals surface area contributed by atoms with Crippen LogP contribution < -0.4 is 20.5 Å². The standard InChI is InChI=1S/C37H58N2O5/c1-9-27(22-28-16-17-31(43-8)32(23-28)44-21-13-20-42-7)25-36(6,38)33(40)24-30(26(2)3)34(41)39-35(4,5)37(18-19-37)29-14-11-10-12-15-29/h10-12,14-17,23,26-27,30,33,40H,9,13,18-22,24-25,38H2,1-8H3,(H,39,41)/t27-,30-,33-,36-/m0/s1. The topological polar surface area (TPSA) is 103 Å². The minimum atomic E-state index is -0.850. The summed E-state index contributed by atoms with van der Waals surface area (Å²) in [5, 5.41) is 14.9. The summed E-state index contributed by atoms with van der Waals surface area (Å²) >= 11 is 0. The zero-order valence-electron chi connectivity index (χ0n) is 28.4. The average Bonchev–Trinajstić information content (AvgIpc) is 3.81. The number of amides is 1. The molecule has 0 aliphatic heterocycles. The van der Waals surface area contributed by atoms with E-state index in [0.717, 1.165) is 43.4 Å². The molecule has 246 valence electrons. The molecule has 1 aliphatic rings. The van der Waals surface area contributed by atoms with Gasteiger partial charge in [-0.3, -0.25) is 4.79 Å². The molecule has 1 amide bonds. The summed E-state index contributed by atoms with van der Waals surface area (Å²) in [5.41, 5.74) is 7.94. The van der Waals surface area contributed by atoms with Gasteiger partial charge in [0.15, 0.2) is 11.5 Å². The Hall–Kier alpha value is -2.61. The molecule has 0 bridgehead atoms. The van der Waals surface area contributed by atoms with Crippen molar-refractivity contribution in [1.29, 1.82) is 0 Å². The van der Waals surface area contributed by atoms with Crippen LogP contribution in [0.1, 0.15) is 91.2 Å². The number of carbonyl (C=O) groups is 1. The third-order valence-corrected chi connectivity index (χ3v) is 9.90. The fourth-order valence-corrected chi connectivity index (χ4v) is 6.67. The molecule has 0 saturated heterocycles. The first-order valence-corrected chi connectivity index (χ1v) is 16.4. The molecule has 4 atom stereocenters. The second-order valence-corrected chi connectivity index (χ2v) is 14.0. The molecule has 0 unspecified atom stereocenters. The van der Waals surface area contributed by atoms with Gasteiger partial charge in [-0.25, -0.2) is 0 Å². The minimum Gasteiger partial charge on any atom is -0.493 e. The van der Waals surface area contributed by atoms with Gasteiger partial charge in [0.2, 0.25) is 5.91 Å². The Bertz CT molecular complexity index is 1180. The SMILES string of the molecule is CC[C@@H](Cc1ccc(OC)c(OCCCOC)c1)C[C@](C)(N)[C@@H](O)C[C@H](C(=O)NC(C)(C)C1(c2ccccc2)CC1)C(C)C. The van der Waals surface area contributed by atoms with Gasteiger partial charge in [-0.1, -0.05) is 63.6 Å². The maximum absolute atomic E-state index is 13.8. The minimum absolute atomic E-state index is 0.00893. The van der Waals surface area contributed by atoms with Crippen LogP contribution >= 0.6 is 0 Å². The molecule has 7 nitrogen and oxygen atoms in total. The third kappa shape index (κ3) is 8.98. The molecule has 0 spiro atoms. The van der Waals surface area contributed by atoms with Crippen molar-refractivity contribution in [2.45, 2.75) is 109 Å². The van der Waals surface area contributed by atoms with Crippen LogP contribution in [0.25, 0.3) is 0 Å². The van der Waals surface area contributed by atoms with E-state index in [2.05, 4.69) is 70.3 Å². The van der Waals surface area contributed by atoms with E-state index in [1.807, 2.05) is 25.1 Å². The summed E-state index contributed by atoms with van der Waals surface area (Å²) in [6.45, 7) is 13.6. The van der Waals surface area contributed by atoms with Crippen LogP contribution in [-0.2, 0) is 21.4 Å². The molecule has 2 aromatic rings. The summed E-state index contributed by atoms with van der Waals surface area (Å²) in [7, 11) is 3.33. The Kier molecular flexibility index (Phi) is 12.7. The third-order valence-electron chi connectivity index (χ3n) is 9.90. The first-order valence-electron chi connectivity index (χ1n) is 16.4. The molecule has 44 heavy (non-hydrogen) atoms. The van der Waals surface area contributed by atoms with E-state index < -0.39 is 17.2 Å². The lowest BCUT2D eigenvalue weighted by Crippen LogP contribution is -2.56. The highest BCUT2D eigenvalue weighted by Crippen LogP contribution is 2.55. The molecule has 2 aromatic carbocycles. The number of hydrogen-bond donors (Lipinski definition) is 3. The normalized spacial score (nSPS) is 17.8. The molecule has 4 N–H and O–H groups in total. The fourth-order valence-electron chi connectivity index (χ4n) is 6.67. The number of ether oxygens (including phenoxy) is 3. The van der Waals surface area contributed by atoms with Gasteiger partial charge >= 0.3 is 0 Å². The molecular formula is C37H58N2O5. The summed E-state index contributed by atoms with van der Waals surface area (Å²) in [6.07, 6.45) is 4.75. The van der Waals surface area contributed by atoms with Gasteiger partial charge in [-0.2, -0.15) is 0 Å². The number of methoxy groups -OCH3 is 2. The first-order chi connectivity index (χ1) is 20.8. The molecule has 0 radical (unpaired) electrons. The van der Waals surface area contributed by atoms with Gasteiger partial charge in [0.05, 0.1) is 19.8 Å². The molecule has 3 rings (SSSR count). The number of benzene rings is 2. The lowest BCUT2D eigenvalue weighted by atomic mass is 9.75. The highest BCUT2D eigenvalue weighted by molar-refractivity contribution is 5.80. The Morgan fingerprint density at radius 3 is 2.30 bits per heavy atom. The van der Waals surface area contributed by atoms with Crippen molar-refractivity contribution < 1.29 is 24.1 Å². The maximum atomic E-state index is 13.8. The monoisotopic (exact) mass is 610 g/mol. The number of carbonyl (C=O) groups excluding carboxylic acids is 1. The van der Waals surface area contributed by atoms with E-state index in [0.29, 0.717) is 31.8 Å². The zero-order valence-corrected chi connectivity index (χ0v) is 28.4. The van der Waals surface area contributed by atoms with Gasteiger partial charge in [-0.15, -0.1) is 0 Å². The van der Waals surface area contributed by atoms with Crippen molar-refractivity contribution in [3.63, 3.8) is 0 Å². The summed E-state index contributed by atoms with van der Waals surface area (Å²) < 4.78 is 16.6. The van der Waals surface area contributed by atoms with Crippen LogP contribution in [0.2, 0.25) is 0 Å². The van der Waals surface area contributed by atoms with Gasteiger partial charge in [0.25, 0.3) is 0 Å². The van der Waals surface area contributed by atoms with E-state index >= 15 is 0 Å². The molecule has 1 aliphatic carbocycles. The van der Waals surface area contributed by atoms with Crippen molar-refractivity contribution in [3.05, 3.63) is 59.7 Å². The van der Waals surface area contributed by atoms with Crippen LogP contribution in [0, 0.1) is 17.8 Å². The Labute approximate surface area is 266 Å². The second-order valence-electron chi connectivity index (χ2n) is 14.0. The van der Waals surface area contributed by atoms with Crippen molar-refractivity contribution in [2.24, 2.45) is 23.5 Å². The van der Waals surface area contributed by atoms with Gasteiger partial charge in [0.1, 0.15) is 0 Å². The van der Waals surface area contributed by atoms with E-state index in [1.54, 1.807) is 14.2 Å². The van der Waals surface area contributed by atoms with Crippen LogP contribution in [0.3, 0.4) is 0 Å². The number of aliphatic hydroxyl groups is 1. The first kappa shape index (κ1) is 35.9. The van der Waals surface area contributed by atoms with Gasteiger partial charge in [-0.05, 0) is 88.0 Å². The largest absolute Gasteiger partial charge is 0.493 e. The molecule has 1 saturated carbocycles. The quantitative estimate of drug-likeness (QED) is 0.158. The summed E-state index contributed by atoms with van der Waals surface area (Å²) in [5.74, 6) is 1.38. The van der Waals surface area contributed by atoms with E-state index in [9.17, 15) is 9.90 Å². The average molecular weight is 611 g/mol. The number of rotatable bonds is 19. The molecule has 7 heteroatoms. The zero-order chi connectivity index (χ0) is 32.5. The fraction of sp³-hybridized carbons (Fsp3) is 0.649. The summed E-state index contributed by atoms with van der Waals surface area (Å²) in [4.78, 5) is 13.8. The highest BCUT2D eigenvalue weighted by Gasteiger charge is 2.56. The second kappa shape index (κ2) is 15.6. The number of aliphatic hydroxyl groups excluding tert-OH is 1. The lowest BCUT2D eigenvalue weighted by Gasteiger charge is -2.39. The predicted octanol–water partition coefficient (Wildman–Crippen LogP) is 6.44. The van der Waals surface area contributed by atoms with Crippen LogP contribution in [0.4, 0.5) is 0 Å². The lowest BCUT2D eigenvalue weighted by molar-refractivity contribution is -0.130. The molecule has 0 heterocycles. The van der Waals surface area contributed by atoms with E-state index in [1.165, 1.54) is 5.56 Å². The highest BCUT2D eigenvalue weighted by atomic mass is 16.5. The maximum Gasteiger partial charge on any atom is 0.223 e. The van der Waals surface area contributed by atoms with E-state index in [4.69, 9.17) is 19.9 Å². The number of nitrogens with one attached hydrogen (secondary N) is 1. The van der Waals surface area contributed by atoms with Gasteiger partial charge in [0, 0.05) is 42.5 Å². The van der Waals surface area contributed by atoms with Crippen molar-refractivity contribution >= 4 is 5.91 Å². The van der Waals surface area contributed by atoms with Crippen LogP contribution in [0.5, 0.6) is 11.5 Å². The van der Waals surface area contributed by atoms with E-state index in [-0.39, 0.29) is 29.1 Å². The predicted molar refractivity (Wildman–Crippen MR) is 178 cm³/mol. The number of hydrogen-bond acceptors (Lipinski definition) is 6. The van der Waals surface area contributed by atoms with Crippen molar-refractivity contribution in [3.8, 4) is 11.5 Å². The van der Waals surface area contributed by atoms with Crippen LogP contribution in [0.15, 0.2) is 48.5 Å². The summed E-state index contributed by atoms with van der Waals surface area (Å²) in [6, 6.07) is 16.5. The van der Waals surface area contributed by atoms with Crippen molar-refractivity contribution in [1.82, 2.24) is 5.32 Å². The molecule has 1 fully saturated rings. The smallest absolute Gasteiger partial charge is 0.223 e. The van der Waals surface area contributed by atoms with Gasteiger partial charge < -0.3 is 30.4 Å². The Morgan fingerprint density at radius 2 is 1.73 bits per heavy atom.